The van der Waals surface area contributed by atoms with Crippen molar-refractivity contribution in [3.63, 3.8) is 0 Å². The molecule has 7 heteroatoms. The number of fused-ring (bicyclic) bond motifs is 1. The fraction of sp³-hybridized carbons (Fsp3) is 0.400. The summed E-state index contributed by atoms with van der Waals surface area (Å²) in [5.74, 6) is 6.14. The molecule has 3 aromatic carbocycles. The third-order valence-corrected chi connectivity index (χ3v) is 8.09. The number of hydrogen-bond acceptors (Lipinski definition) is 7. The number of hydrogen-bond donors (Lipinski definition) is 1. The first-order valence-corrected chi connectivity index (χ1v) is 14.7. The van der Waals surface area contributed by atoms with Gasteiger partial charge in [0.2, 0.25) is 0 Å². The van der Waals surface area contributed by atoms with Crippen LogP contribution in [0.2, 0.25) is 0 Å². The second kappa shape index (κ2) is 14.8. The van der Waals surface area contributed by atoms with E-state index in [0.29, 0.717) is 31.7 Å². The monoisotopic (exact) mass is 569 g/mol. The van der Waals surface area contributed by atoms with Crippen molar-refractivity contribution >= 4 is 17.9 Å². The van der Waals surface area contributed by atoms with Crippen molar-refractivity contribution in [3.8, 4) is 5.75 Å². The maximum absolute atomic E-state index is 13.6. The summed E-state index contributed by atoms with van der Waals surface area (Å²) in [6.07, 6.45) is 4.87. The molecule has 1 aliphatic carbocycles. The van der Waals surface area contributed by atoms with Crippen molar-refractivity contribution in [1.29, 1.82) is 0 Å². The van der Waals surface area contributed by atoms with E-state index in [1.165, 1.54) is 11.1 Å². The van der Waals surface area contributed by atoms with E-state index in [4.69, 9.17) is 20.1 Å². The van der Waals surface area contributed by atoms with E-state index in [1.54, 1.807) is 13.3 Å². The topological polar surface area (TPSA) is 95.5 Å². The summed E-state index contributed by atoms with van der Waals surface area (Å²) in [6.45, 7) is 7.32. The number of carbonyl (C=O) groups is 1. The summed E-state index contributed by atoms with van der Waals surface area (Å²) in [7, 11) is 1.67. The molecule has 42 heavy (non-hydrogen) atoms. The third-order valence-electron chi connectivity index (χ3n) is 8.09. The molecule has 0 bridgehead atoms. The molecule has 0 amide bonds. The molecular weight excluding hydrogens is 526 g/mol. The maximum Gasteiger partial charge on any atom is 0.312 e. The van der Waals surface area contributed by atoms with Gasteiger partial charge in [0, 0.05) is 12.8 Å². The molecule has 1 aliphatic rings. The molecule has 0 saturated carbocycles. The highest BCUT2D eigenvalue weighted by atomic mass is 16.5. The molecule has 2 unspecified atom stereocenters. The minimum atomic E-state index is -0.803. The smallest absolute Gasteiger partial charge is 0.312 e. The Morgan fingerprint density at radius 3 is 2.48 bits per heavy atom. The minimum absolute atomic E-state index is 0.00583. The van der Waals surface area contributed by atoms with Crippen LogP contribution in [0.1, 0.15) is 79.9 Å². The zero-order valence-electron chi connectivity index (χ0n) is 25.2. The average Bonchev–Trinajstić information content (AvgIpc) is 3.43. The van der Waals surface area contributed by atoms with E-state index >= 15 is 0 Å². The molecule has 2 atom stereocenters. The Bertz CT molecular complexity index is 1370. The van der Waals surface area contributed by atoms with Crippen LogP contribution in [0.15, 0.2) is 82.9 Å². The number of carbonyl (C=O) groups excluding carboxylic acids is 1. The van der Waals surface area contributed by atoms with Crippen LogP contribution in [-0.2, 0) is 33.9 Å². The lowest BCUT2D eigenvalue weighted by molar-refractivity contribution is -0.156. The number of rotatable bonds is 14. The van der Waals surface area contributed by atoms with Crippen LogP contribution in [0, 0.1) is 5.41 Å². The predicted octanol–water partition coefficient (Wildman–Crippen LogP) is 6.94. The summed E-state index contributed by atoms with van der Waals surface area (Å²) in [5, 5.41) is 3.95. The van der Waals surface area contributed by atoms with Crippen LogP contribution in [0.25, 0.3) is 0 Å². The lowest BCUT2D eigenvalue weighted by atomic mass is 9.72. The molecule has 0 fully saturated rings. The van der Waals surface area contributed by atoms with Gasteiger partial charge in [-0.1, -0.05) is 60.7 Å². The first-order chi connectivity index (χ1) is 20.3. The van der Waals surface area contributed by atoms with E-state index in [2.05, 4.69) is 28.3 Å². The Morgan fingerprint density at radius 2 is 1.79 bits per heavy atom. The molecule has 3 aromatic rings. The summed E-state index contributed by atoms with van der Waals surface area (Å²) in [6, 6.07) is 24.3. The van der Waals surface area contributed by atoms with Crippen LogP contribution < -0.4 is 10.6 Å². The van der Waals surface area contributed by atoms with Crippen molar-refractivity contribution in [3.05, 3.63) is 101 Å². The fourth-order valence-electron chi connectivity index (χ4n) is 5.54. The number of esters is 1. The molecule has 4 rings (SSSR count). The molecular formula is C35H43N3O4. The van der Waals surface area contributed by atoms with Crippen LogP contribution in [0.4, 0.5) is 0 Å². The third kappa shape index (κ3) is 7.85. The lowest BCUT2D eigenvalue weighted by Crippen LogP contribution is -2.34. The van der Waals surface area contributed by atoms with Gasteiger partial charge in [-0.2, -0.15) is 5.10 Å². The standard InChI is InChI=1S/C35H43N3O4/c1-5-37-22-29(38-36)16-19-32(35(2,3)34(39)42-24-25-9-7-6-8-10-25)28-14-13-27-15-20-33(31(27)21-28)41-23-26-11-17-30(40-4)18-12-26/h6-14,17-18,21-22,32-33H,5,15-16,19-20,23-24,36H2,1-4H3. The van der Waals surface area contributed by atoms with Crippen molar-refractivity contribution in [2.45, 2.75) is 71.7 Å². The van der Waals surface area contributed by atoms with Crippen LogP contribution in [0.5, 0.6) is 5.75 Å². The molecule has 0 spiro atoms. The number of ether oxygens (including phenoxy) is 3. The van der Waals surface area contributed by atoms with E-state index in [-0.39, 0.29) is 24.6 Å². The maximum atomic E-state index is 13.6. The van der Waals surface area contributed by atoms with E-state index in [9.17, 15) is 4.79 Å². The second-order valence-corrected chi connectivity index (χ2v) is 11.3. The van der Waals surface area contributed by atoms with Crippen molar-refractivity contribution in [2.75, 3.05) is 13.7 Å². The number of aliphatic imine (C=N–C) groups is 1. The predicted molar refractivity (Wildman–Crippen MR) is 168 cm³/mol. The number of nitrogens with zero attached hydrogens (tertiary/aromatic N) is 2. The molecule has 0 aliphatic heterocycles. The number of methoxy groups -OCH3 is 1. The molecule has 0 aromatic heterocycles. The summed E-state index contributed by atoms with van der Waals surface area (Å²) >= 11 is 0. The van der Waals surface area contributed by atoms with Crippen molar-refractivity contribution in [1.82, 2.24) is 0 Å². The quantitative estimate of drug-likeness (QED) is 0.0982. The van der Waals surface area contributed by atoms with Gasteiger partial charge in [0.05, 0.1) is 30.9 Å². The molecule has 2 N–H and O–H groups in total. The zero-order valence-corrected chi connectivity index (χ0v) is 25.2. The van der Waals surface area contributed by atoms with Crippen molar-refractivity contribution < 1.29 is 19.0 Å². The van der Waals surface area contributed by atoms with Crippen molar-refractivity contribution in [2.24, 2.45) is 21.4 Å². The highest BCUT2D eigenvalue weighted by molar-refractivity contribution is 6.30. The van der Waals surface area contributed by atoms with Gasteiger partial charge in [-0.3, -0.25) is 9.79 Å². The lowest BCUT2D eigenvalue weighted by Gasteiger charge is -2.33. The van der Waals surface area contributed by atoms with Gasteiger partial charge < -0.3 is 20.1 Å². The first-order valence-electron chi connectivity index (χ1n) is 14.7. The largest absolute Gasteiger partial charge is 0.497 e. The van der Waals surface area contributed by atoms with Gasteiger partial charge >= 0.3 is 5.97 Å². The van der Waals surface area contributed by atoms with E-state index < -0.39 is 5.41 Å². The zero-order chi connectivity index (χ0) is 30.0. The number of hydrazone groups is 1. The van der Waals surface area contributed by atoms with E-state index in [1.807, 2.05) is 75.4 Å². The average molecular weight is 570 g/mol. The Kier molecular flexibility index (Phi) is 10.9. The fourth-order valence-corrected chi connectivity index (χ4v) is 5.54. The van der Waals surface area contributed by atoms with E-state index in [0.717, 1.165) is 35.3 Å². The Labute approximate surface area is 249 Å². The normalized spacial score (nSPS) is 15.9. The molecule has 0 radical (unpaired) electrons. The summed E-state index contributed by atoms with van der Waals surface area (Å²) in [5.41, 5.74) is 5.53. The first kappa shape index (κ1) is 31.0. The molecule has 222 valence electrons. The summed E-state index contributed by atoms with van der Waals surface area (Å²) < 4.78 is 17.6. The molecule has 0 heterocycles. The SMILES string of the molecule is CCN=CC(CCC(c1ccc2c(c1)C(OCc1ccc(OC)cc1)CC2)C(C)(C)C(=O)OCc1ccccc1)=NN. The molecule has 0 saturated heterocycles. The number of nitrogens with two attached hydrogens (primary N) is 1. The Hall–Kier alpha value is -3.97. The van der Waals surface area contributed by atoms with Gasteiger partial charge in [-0.05, 0) is 92.3 Å². The molecule has 7 nitrogen and oxygen atoms in total. The summed E-state index contributed by atoms with van der Waals surface area (Å²) in [4.78, 5) is 17.9. The Balaban J connectivity index is 1.56. The minimum Gasteiger partial charge on any atom is -0.497 e. The highest BCUT2D eigenvalue weighted by Gasteiger charge is 2.40. The Morgan fingerprint density at radius 1 is 1.05 bits per heavy atom. The van der Waals surface area contributed by atoms with Gasteiger partial charge in [-0.15, -0.1) is 0 Å². The van der Waals surface area contributed by atoms with Crippen LogP contribution in [0.3, 0.4) is 0 Å². The highest BCUT2D eigenvalue weighted by Crippen LogP contribution is 2.43. The van der Waals surface area contributed by atoms with Crippen LogP contribution >= 0.6 is 0 Å². The number of aryl methyl sites for hydroxylation is 1. The van der Waals surface area contributed by atoms with Gasteiger partial charge in [0.15, 0.2) is 0 Å². The van der Waals surface area contributed by atoms with Gasteiger partial charge in [0.1, 0.15) is 12.4 Å². The number of benzene rings is 3. The van der Waals surface area contributed by atoms with Crippen LogP contribution in [-0.4, -0.2) is 31.6 Å². The second-order valence-electron chi connectivity index (χ2n) is 11.3. The van der Waals surface area contributed by atoms with Gasteiger partial charge in [0.25, 0.3) is 0 Å². The van der Waals surface area contributed by atoms with Gasteiger partial charge in [-0.25, -0.2) is 0 Å².